The number of nitrogens with zero attached hydrogens (tertiary/aromatic N) is 2. The van der Waals surface area contributed by atoms with Crippen LogP contribution in [0, 0.1) is 6.92 Å². The molecule has 0 aliphatic carbocycles. The zero-order chi connectivity index (χ0) is 17.8. The highest BCUT2D eigenvalue weighted by molar-refractivity contribution is 7.17. The van der Waals surface area contributed by atoms with Crippen molar-refractivity contribution in [3.05, 3.63) is 53.3 Å². The molecule has 0 aliphatic rings. The Hall–Kier alpha value is -2.93. The third-order valence-corrected chi connectivity index (χ3v) is 4.77. The van der Waals surface area contributed by atoms with Gasteiger partial charge >= 0.3 is 0 Å². The number of aryl methyl sites for hydroxylation is 1. The molecule has 3 aromatic rings. The molecule has 128 valence electrons. The second-order valence-electron chi connectivity index (χ2n) is 5.20. The van der Waals surface area contributed by atoms with Crippen LogP contribution in [-0.4, -0.2) is 30.1 Å². The molecule has 3 rings (SSSR count). The minimum Gasteiger partial charge on any atom is -0.497 e. The van der Waals surface area contributed by atoms with Gasteiger partial charge in [0, 0.05) is 24.0 Å². The summed E-state index contributed by atoms with van der Waals surface area (Å²) < 4.78 is 10.5. The first-order valence-corrected chi connectivity index (χ1v) is 8.35. The standard InChI is InChI=1S/C18H17N3O3S/c1-11-16(25-18(20-11)12-5-4-8-19-10-12)17(22)21-14-9-13(23-2)6-7-15(14)24-3/h4-10H,1-3H3,(H,21,22). The predicted molar refractivity (Wildman–Crippen MR) is 97.6 cm³/mol. The average molecular weight is 355 g/mol. The van der Waals surface area contributed by atoms with Gasteiger partial charge in [-0.05, 0) is 31.2 Å². The summed E-state index contributed by atoms with van der Waals surface area (Å²) in [4.78, 5) is 21.8. The SMILES string of the molecule is COc1ccc(OC)c(NC(=O)c2sc(-c3cccnc3)nc2C)c1. The highest BCUT2D eigenvalue weighted by Crippen LogP contribution is 2.31. The van der Waals surface area contributed by atoms with E-state index in [1.807, 2.05) is 19.1 Å². The average Bonchev–Trinajstić information content (AvgIpc) is 3.04. The van der Waals surface area contributed by atoms with Crippen molar-refractivity contribution in [1.82, 2.24) is 9.97 Å². The van der Waals surface area contributed by atoms with Gasteiger partial charge in [0.05, 0.1) is 25.6 Å². The fraction of sp³-hybridized carbons (Fsp3) is 0.167. The number of methoxy groups -OCH3 is 2. The summed E-state index contributed by atoms with van der Waals surface area (Å²) in [6.45, 7) is 1.81. The van der Waals surface area contributed by atoms with Crippen LogP contribution in [0.3, 0.4) is 0 Å². The molecule has 0 aliphatic heterocycles. The first-order valence-electron chi connectivity index (χ1n) is 7.53. The Morgan fingerprint density at radius 3 is 2.72 bits per heavy atom. The van der Waals surface area contributed by atoms with E-state index < -0.39 is 0 Å². The summed E-state index contributed by atoms with van der Waals surface area (Å²) in [5, 5.41) is 3.63. The molecule has 1 amide bonds. The van der Waals surface area contributed by atoms with Gasteiger partial charge < -0.3 is 14.8 Å². The number of ether oxygens (including phenoxy) is 2. The lowest BCUT2D eigenvalue weighted by atomic mass is 10.2. The molecule has 7 heteroatoms. The van der Waals surface area contributed by atoms with E-state index >= 15 is 0 Å². The summed E-state index contributed by atoms with van der Waals surface area (Å²) in [6, 6.07) is 8.99. The quantitative estimate of drug-likeness (QED) is 0.754. The van der Waals surface area contributed by atoms with Gasteiger partial charge in [-0.2, -0.15) is 0 Å². The Morgan fingerprint density at radius 2 is 2.04 bits per heavy atom. The molecule has 0 atom stereocenters. The fourth-order valence-corrected chi connectivity index (χ4v) is 3.26. The summed E-state index contributed by atoms with van der Waals surface area (Å²) in [7, 11) is 3.12. The largest absolute Gasteiger partial charge is 0.497 e. The van der Waals surface area contributed by atoms with Crippen LogP contribution in [0.1, 0.15) is 15.4 Å². The number of carbonyl (C=O) groups excluding carboxylic acids is 1. The maximum atomic E-state index is 12.7. The first-order chi connectivity index (χ1) is 12.1. The van der Waals surface area contributed by atoms with E-state index in [1.165, 1.54) is 11.3 Å². The fourth-order valence-electron chi connectivity index (χ4n) is 2.31. The number of benzene rings is 1. The van der Waals surface area contributed by atoms with Crippen molar-refractivity contribution in [2.24, 2.45) is 0 Å². The monoisotopic (exact) mass is 355 g/mol. The minimum atomic E-state index is -0.239. The first kappa shape index (κ1) is 16.9. The number of aromatic nitrogens is 2. The molecule has 1 N–H and O–H groups in total. The molecule has 0 saturated heterocycles. The van der Waals surface area contributed by atoms with E-state index in [2.05, 4.69) is 15.3 Å². The van der Waals surface area contributed by atoms with E-state index in [9.17, 15) is 4.79 Å². The third kappa shape index (κ3) is 3.61. The molecule has 1 aromatic carbocycles. The smallest absolute Gasteiger partial charge is 0.267 e. The normalized spacial score (nSPS) is 10.4. The Kier molecular flexibility index (Phi) is 4.95. The molecule has 0 saturated carbocycles. The molecule has 0 spiro atoms. The van der Waals surface area contributed by atoms with Gasteiger partial charge in [0.15, 0.2) is 0 Å². The van der Waals surface area contributed by atoms with E-state index in [1.54, 1.807) is 44.8 Å². The second-order valence-corrected chi connectivity index (χ2v) is 6.19. The van der Waals surface area contributed by atoms with Gasteiger partial charge in [-0.15, -0.1) is 11.3 Å². The van der Waals surface area contributed by atoms with Crippen molar-refractivity contribution < 1.29 is 14.3 Å². The van der Waals surface area contributed by atoms with Gasteiger partial charge in [-0.25, -0.2) is 4.98 Å². The molecule has 25 heavy (non-hydrogen) atoms. The van der Waals surface area contributed by atoms with Gasteiger partial charge in [0.2, 0.25) is 0 Å². The van der Waals surface area contributed by atoms with E-state index in [0.29, 0.717) is 27.8 Å². The van der Waals surface area contributed by atoms with E-state index in [0.717, 1.165) is 10.6 Å². The maximum absolute atomic E-state index is 12.7. The number of amides is 1. The highest BCUT2D eigenvalue weighted by Gasteiger charge is 2.18. The third-order valence-electron chi connectivity index (χ3n) is 3.57. The van der Waals surface area contributed by atoms with Crippen LogP contribution in [-0.2, 0) is 0 Å². The minimum absolute atomic E-state index is 0.239. The Morgan fingerprint density at radius 1 is 1.20 bits per heavy atom. The zero-order valence-corrected chi connectivity index (χ0v) is 14.9. The number of hydrogen-bond donors (Lipinski definition) is 1. The molecular weight excluding hydrogens is 338 g/mol. The molecule has 2 heterocycles. The van der Waals surface area contributed by atoms with Crippen LogP contribution in [0.25, 0.3) is 10.6 Å². The van der Waals surface area contributed by atoms with Gasteiger partial charge in [0.1, 0.15) is 21.4 Å². The summed E-state index contributed by atoms with van der Waals surface area (Å²) >= 11 is 1.33. The molecule has 0 unspecified atom stereocenters. The molecule has 6 nitrogen and oxygen atoms in total. The topological polar surface area (TPSA) is 73.3 Å². The van der Waals surface area contributed by atoms with Gasteiger partial charge in [-0.1, -0.05) is 0 Å². The van der Waals surface area contributed by atoms with Crippen molar-refractivity contribution in [2.75, 3.05) is 19.5 Å². The van der Waals surface area contributed by atoms with Crippen molar-refractivity contribution >= 4 is 22.9 Å². The lowest BCUT2D eigenvalue weighted by molar-refractivity contribution is 0.102. The maximum Gasteiger partial charge on any atom is 0.267 e. The lowest BCUT2D eigenvalue weighted by Gasteiger charge is -2.11. The van der Waals surface area contributed by atoms with Crippen LogP contribution in [0.2, 0.25) is 0 Å². The summed E-state index contributed by atoms with van der Waals surface area (Å²) in [5.41, 5.74) is 2.10. The molecule has 0 radical (unpaired) electrons. The van der Waals surface area contributed by atoms with Crippen LogP contribution < -0.4 is 14.8 Å². The number of rotatable bonds is 5. The number of hydrogen-bond acceptors (Lipinski definition) is 6. The van der Waals surface area contributed by atoms with Crippen LogP contribution in [0.15, 0.2) is 42.7 Å². The predicted octanol–water partition coefficient (Wildman–Crippen LogP) is 3.78. The van der Waals surface area contributed by atoms with E-state index in [-0.39, 0.29) is 5.91 Å². The van der Waals surface area contributed by atoms with Crippen molar-refractivity contribution in [1.29, 1.82) is 0 Å². The number of anilines is 1. The summed E-state index contributed by atoms with van der Waals surface area (Å²) in [6.07, 6.45) is 3.43. The number of nitrogens with one attached hydrogen (secondary N) is 1. The number of carbonyl (C=O) groups is 1. The summed E-state index contributed by atoms with van der Waals surface area (Å²) in [5.74, 6) is 0.952. The van der Waals surface area contributed by atoms with Crippen LogP contribution in [0.4, 0.5) is 5.69 Å². The Bertz CT molecular complexity index is 894. The number of thiazole rings is 1. The molecule has 2 aromatic heterocycles. The Balaban J connectivity index is 1.88. The van der Waals surface area contributed by atoms with Crippen LogP contribution >= 0.6 is 11.3 Å². The highest BCUT2D eigenvalue weighted by atomic mass is 32.1. The molecule has 0 fully saturated rings. The molecular formula is C18H17N3O3S. The molecule has 0 bridgehead atoms. The van der Waals surface area contributed by atoms with Gasteiger partial charge in [0.25, 0.3) is 5.91 Å². The van der Waals surface area contributed by atoms with Crippen molar-refractivity contribution in [3.8, 4) is 22.1 Å². The lowest BCUT2D eigenvalue weighted by Crippen LogP contribution is -2.12. The van der Waals surface area contributed by atoms with Crippen molar-refractivity contribution in [3.63, 3.8) is 0 Å². The van der Waals surface area contributed by atoms with Crippen LogP contribution in [0.5, 0.6) is 11.5 Å². The van der Waals surface area contributed by atoms with E-state index in [4.69, 9.17) is 9.47 Å². The van der Waals surface area contributed by atoms with Gasteiger partial charge in [-0.3, -0.25) is 9.78 Å². The van der Waals surface area contributed by atoms with Crippen molar-refractivity contribution in [2.45, 2.75) is 6.92 Å². The second kappa shape index (κ2) is 7.31. The zero-order valence-electron chi connectivity index (χ0n) is 14.1. The Labute approximate surface area is 149 Å². The number of pyridine rings is 1.